The van der Waals surface area contributed by atoms with E-state index in [0.717, 1.165) is 0 Å². The molecule has 2 aliphatic rings. The molecule has 2 aliphatic heterocycles. The summed E-state index contributed by atoms with van der Waals surface area (Å²) in [5, 5.41) is 10.3. The van der Waals surface area contributed by atoms with Gasteiger partial charge in [-0.1, -0.05) is 12.1 Å². The van der Waals surface area contributed by atoms with E-state index in [1.807, 2.05) is 14.0 Å². The number of sulfonamides is 1. The standard InChI is InChI=1S/C16H22N2O5S/c1-3-22-13-6-4-5-12-11-14(16(19)23-15(12)13)24(20,21)18-9-7-17(2)8-10-18/h4-6,11,16,19H,3,7-10H2,1-2H3. The number of hydrogen-bond donors (Lipinski definition) is 1. The number of piperazine rings is 1. The molecule has 7 nitrogen and oxygen atoms in total. The molecule has 0 spiro atoms. The fraction of sp³-hybridized carbons (Fsp3) is 0.500. The van der Waals surface area contributed by atoms with E-state index in [-0.39, 0.29) is 4.91 Å². The molecule has 0 aromatic heterocycles. The number of aliphatic hydroxyl groups is 1. The van der Waals surface area contributed by atoms with E-state index in [2.05, 4.69) is 4.90 Å². The van der Waals surface area contributed by atoms with Gasteiger partial charge in [-0.15, -0.1) is 0 Å². The van der Waals surface area contributed by atoms with Crippen LogP contribution in [0.15, 0.2) is 23.1 Å². The number of benzene rings is 1. The molecule has 132 valence electrons. The van der Waals surface area contributed by atoms with E-state index in [1.54, 1.807) is 18.2 Å². The summed E-state index contributed by atoms with van der Waals surface area (Å²) in [6.07, 6.45) is -0.0663. The molecule has 8 heteroatoms. The van der Waals surface area contributed by atoms with Gasteiger partial charge in [0, 0.05) is 31.7 Å². The van der Waals surface area contributed by atoms with Crippen molar-refractivity contribution in [2.45, 2.75) is 13.2 Å². The van der Waals surface area contributed by atoms with Crippen LogP contribution in [0.4, 0.5) is 0 Å². The van der Waals surface area contributed by atoms with Crippen molar-refractivity contribution >= 4 is 16.1 Å². The van der Waals surface area contributed by atoms with Crippen LogP contribution >= 0.6 is 0 Å². The second kappa shape index (κ2) is 6.72. The highest BCUT2D eigenvalue weighted by molar-refractivity contribution is 7.93. The molecule has 0 bridgehead atoms. The van der Waals surface area contributed by atoms with Crippen LogP contribution in [0.1, 0.15) is 12.5 Å². The summed E-state index contributed by atoms with van der Waals surface area (Å²) < 4.78 is 38.0. The van der Waals surface area contributed by atoms with Crippen LogP contribution in [0.5, 0.6) is 11.5 Å². The van der Waals surface area contributed by atoms with Crippen LogP contribution in [0.2, 0.25) is 0 Å². The van der Waals surface area contributed by atoms with Crippen LogP contribution in [-0.2, 0) is 10.0 Å². The first-order valence-corrected chi connectivity index (χ1v) is 9.38. The van der Waals surface area contributed by atoms with Gasteiger partial charge in [0.05, 0.1) is 6.61 Å². The van der Waals surface area contributed by atoms with Crippen LogP contribution in [0, 0.1) is 0 Å². The van der Waals surface area contributed by atoms with Crippen LogP contribution in [0.3, 0.4) is 0 Å². The van der Waals surface area contributed by atoms with Gasteiger partial charge in [-0.3, -0.25) is 0 Å². The maximum atomic E-state index is 12.8. The maximum Gasteiger partial charge on any atom is 0.245 e. The molecule has 1 fully saturated rings. The minimum absolute atomic E-state index is 0.131. The second-order valence-electron chi connectivity index (χ2n) is 5.83. The molecule has 3 rings (SSSR count). The predicted molar refractivity (Wildman–Crippen MR) is 90.2 cm³/mol. The fourth-order valence-corrected chi connectivity index (χ4v) is 4.34. The summed E-state index contributed by atoms with van der Waals surface area (Å²) in [6.45, 7) is 4.41. The Morgan fingerprint density at radius 2 is 2.00 bits per heavy atom. The van der Waals surface area contributed by atoms with Crippen molar-refractivity contribution in [2.75, 3.05) is 39.8 Å². The molecule has 0 saturated carbocycles. The van der Waals surface area contributed by atoms with Crippen LogP contribution < -0.4 is 9.47 Å². The van der Waals surface area contributed by atoms with Crippen molar-refractivity contribution < 1.29 is 23.0 Å². The van der Waals surface area contributed by atoms with Crippen molar-refractivity contribution in [3.8, 4) is 11.5 Å². The highest BCUT2D eigenvalue weighted by Gasteiger charge is 2.37. The molecular weight excluding hydrogens is 332 g/mol. The zero-order valence-electron chi connectivity index (χ0n) is 13.8. The van der Waals surface area contributed by atoms with Crippen molar-refractivity contribution in [2.24, 2.45) is 0 Å². The number of likely N-dealkylation sites (N-methyl/N-ethyl adjacent to an activating group) is 1. The number of rotatable bonds is 4. The van der Waals surface area contributed by atoms with Crippen molar-refractivity contribution in [1.82, 2.24) is 9.21 Å². The molecule has 0 radical (unpaired) electrons. The lowest BCUT2D eigenvalue weighted by atomic mass is 10.1. The Labute approximate surface area is 142 Å². The van der Waals surface area contributed by atoms with Crippen molar-refractivity contribution in [3.63, 3.8) is 0 Å². The summed E-state index contributed by atoms with van der Waals surface area (Å²) in [5.41, 5.74) is 0.582. The minimum atomic E-state index is -3.77. The summed E-state index contributed by atoms with van der Waals surface area (Å²) in [7, 11) is -1.82. The molecule has 24 heavy (non-hydrogen) atoms. The molecule has 0 aliphatic carbocycles. The van der Waals surface area contributed by atoms with Gasteiger partial charge >= 0.3 is 0 Å². The quantitative estimate of drug-likeness (QED) is 0.858. The second-order valence-corrected chi connectivity index (χ2v) is 7.77. The number of nitrogens with zero attached hydrogens (tertiary/aromatic N) is 2. The lowest BCUT2D eigenvalue weighted by Crippen LogP contribution is -2.48. The lowest BCUT2D eigenvalue weighted by molar-refractivity contribution is 0.0159. The van der Waals surface area contributed by atoms with Crippen molar-refractivity contribution in [1.29, 1.82) is 0 Å². The van der Waals surface area contributed by atoms with Gasteiger partial charge in [0.15, 0.2) is 11.5 Å². The van der Waals surface area contributed by atoms with E-state index >= 15 is 0 Å². The zero-order valence-corrected chi connectivity index (χ0v) is 14.6. The largest absolute Gasteiger partial charge is 0.490 e. The smallest absolute Gasteiger partial charge is 0.245 e. The van der Waals surface area contributed by atoms with E-state index in [9.17, 15) is 13.5 Å². The third-order valence-corrected chi connectivity index (χ3v) is 6.14. The summed E-state index contributed by atoms with van der Waals surface area (Å²) in [4.78, 5) is 1.94. The molecule has 1 atom stereocenters. The molecule has 1 N–H and O–H groups in total. The number of fused-ring (bicyclic) bond motifs is 1. The zero-order chi connectivity index (χ0) is 17.3. The number of para-hydroxylation sites is 1. The Kier molecular flexibility index (Phi) is 4.82. The summed E-state index contributed by atoms with van der Waals surface area (Å²) in [6, 6.07) is 5.23. The normalized spacial score (nSPS) is 22.5. The first kappa shape index (κ1) is 17.2. The van der Waals surface area contributed by atoms with Gasteiger partial charge in [0.2, 0.25) is 16.3 Å². The van der Waals surface area contributed by atoms with Gasteiger partial charge in [-0.25, -0.2) is 8.42 Å². The monoisotopic (exact) mass is 354 g/mol. The number of aliphatic hydroxyl groups excluding tert-OH is 1. The third-order valence-electron chi connectivity index (χ3n) is 4.18. The first-order valence-electron chi connectivity index (χ1n) is 7.94. The molecule has 1 unspecified atom stereocenters. The van der Waals surface area contributed by atoms with Crippen molar-refractivity contribution in [3.05, 3.63) is 28.7 Å². The van der Waals surface area contributed by atoms with E-state index in [1.165, 1.54) is 10.4 Å². The molecule has 1 aromatic carbocycles. The van der Waals surface area contributed by atoms with Gasteiger partial charge < -0.3 is 19.5 Å². The highest BCUT2D eigenvalue weighted by Crippen LogP contribution is 2.39. The van der Waals surface area contributed by atoms with Gasteiger partial charge in [0.25, 0.3) is 0 Å². The van der Waals surface area contributed by atoms with Gasteiger partial charge in [0.1, 0.15) is 4.91 Å². The average Bonchev–Trinajstić information content (AvgIpc) is 2.55. The van der Waals surface area contributed by atoms with Gasteiger partial charge in [-0.05, 0) is 26.1 Å². The maximum absolute atomic E-state index is 12.8. The first-order chi connectivity index (χ1) is 11.4. The summed E-state index contributed by atoms with van der Waals surface area (Å²) in [5.74, 6) is 0.852. The molecule has 1 saturated heterocycles. The van der Waals surface area contributed by atoms with Crippen LogP contribution in [0.25, 0.3) is 6.08 Å². The third kappa shape index (κ3) is 3.14. The fourth-order valence-electron chi connectivity index (χ4n) is 2.82. The van der Waals surface area contributed by atoms with E-state index in [4.69, 9.17) is 9.47 Å². The van der Waals surface area contributed by atoms with Crippen LogP contribution in [-0.4, -0.2) is 68.9 Å². The number of hydrogen-bond acceptors (Lipinski definition) is 6. The highest BCUT2D eigenvalue weighted by atomic mass is 32.2. The lowest BCUT2D eigenvalue weighted by Gasteiger charge is -2.34. The van der Waals surface area contributed by atoms with E-state index < -0.39 is 16.3 Å². The van der Waals surface area contributed by atoms with Gasteiger partial charge in [-0.2, -0.15) is 4.31 Å². The minimum Gasteiger partial charge on any atom is -0.490 e. The Balaban J connectivity index is 1.95. The molecular formula is C16H22N2O5S. The molecule has 2 heterocycles. The Morgan fingerprint density at radius 1 is 1.29 bits per heavy atom. The molecule has 1 aromatic rings. The van der Waals surface area contributed by atoms with E-state index in [0.29, 0.717) is 49.8 Å². The Bertz CT molecular complexity index is 739. The SMILES string of the molecule is CCOc1cccc2c1OC(O)C(S(=O)(=O)N1CCN(C)CC1)=C2. The molecule has 0 amide bonds. The number of ether oxygens (including phenoxy) is 2. The Hall–Kier alpha value is -1.61. The topological polar surface area (TPSA) is 79.3 Å². The average molecular weight is 354 g/mol. The predicted octanol–water partition coefficient (Wildman–Crippen LogP) is 0.714. The summed E-state index contributed by atoms with van der Waals surface area (Å²) >= 11 is 0. The Morgan fingerprint density at radius 3 is 2.67 bits per heavy atom.